The normalized spacial score (nSPS) is 15.9. The first-order valence-electron chi connectivity index (χ1n) is 7.20. The van der Waals surface area contributed by atoms with Crippen LogP contribution in [-0.4, -0.2) is 12.6 Å². The molecule has 3 rings (SSSR count). The van der Waals surface area contributed by atoms with Crippen LogP contribution in [0, 0.1) is 18.3 Å². The van der Waals surface area contributed by atoms with Gasteiger partial charge in [0.15, 0.2) is 0 Å². The number of ether oxygens (including phenoxy) is 1. The third-order valence-electron chi connectivity index (χ3n) is 3.73. The number of rotatable bonds is 4. The minimum atomic E-state index is 0.181. The minimum absolute atomic E-state index is 0.181. The Morgan fingerprint density at radius 1 is 1.24 bits per heavy atom. The topological polar surface area (TPSA) is 45.0 Å². The van der Waals surface area contributed by atoms with Crippen molar-refractivity contribution in [1.29, 1.82) is 5.26 Å². The number of aryl methyl sites for hydroxylation is 1. The van der Waals surface area contributed by atoms with Gasteiger partial charge < -0.3 is 10.1 Å². The summed E-state index contributed by atoms with van der Waals surface area (Å²) in [5, 5.41) is 12.1. The molecule has 1 heterocycles. The van der Waals surface area contributed by atoms with Crippen LogP contribution in [0.15, 0.2) is 42.5 Å². The van der Waals surface area contributed by atoms with E-state index in [1.807, 2.05) is 24.3 Å². The molecule has 2 aromatic carbocycles. The predicted molar refractivity (Wildman–Crippen MR) is 83.5 cm³/mol. The molecule has 0 spiro atoms. The van der Waals surface area contributed by atoms with Gasteiger partial charge in [-0.05, 0) is 36.2 Å². The second-order valence-electron chi connectivity index (χ2n) is 5.47. The molecule has 1 atom stereocenters. The van der Waals surface area contributed by atoms with Crippen molar-refractivity contribution in [1.82, 2.24) is 0 Å². The molecule has 106 valence electrons. The van der Waals surface area contributed by atoms with Gasteiger partial charge in [-0.15, -0.1) is 0 Å². The van der Waals surface area contributed by atoms with Gasteiger partial charge in [0.05, 0.1) is 19.0 Å². The zero-order valence-corrected chi connectivity index (χ0v) is 12.1. The lowest BCUT2D eigenvalue weighted by Gasteiger charge is -2.13. The molecule has 0 aliphatic carbocycles. The summed E-state index contributed by atoms with van der Waals surface area (Å²) < 4.78 is 5.94. The second-order valence-corrected chi connectivity index (χ2v) is 5.47. The summed E-state index contributed by atoms with van der Waals surface area (Å²) in [6, 6.07) is 16.5. The van der Waals surface area contributed by atoms with Crippen LogP contribution in [0.25, 0.3) is 0 Å². The average Bonchev–Trinajstić information content (AvgIpc) is 2.89. The first-order valence-corrected chi connectivity index (χ1v) is 7.20. The summed E-state index contributed by atoms with van der Waals surface area (Å²) in [7, 11) is 0. The SMILES string of the molecule is Cc1ccc2c(c1)CC(CNc1ccc(CC#N)cc1)O2. The molecule has 0 amide bonds. The van der Waals surface area contributed by atoms with Crippen LogP contribution in [0.2, 0.25) is 0 Å². The van der Waals surface area contributed by atoms with Crippen molar-refractivity contribution in [3.05, 3.63) is 59.2 Å². The molecule has 3 nitrogen and oxygen atoms in total. The van der Waals surface area contributed by atoms with E-state index in [0.29, 0.717) is 6.42 Å². The minimum Gasteiger partial charge on any atom is -0.488 e. The van der Waals surface area contributed by atoms with Gasteiger partial charge in [0.2, 0.25) is 0 Å². The van der Waals surface area contributed by atoms with Crippen molar-refractivity contribution in [2.24, 2.45) is 0 Å². The summed E-state index contributed by atoms with van der Waals surface area (Å²) in [6.07, 6.45) is 1.59. The van der Waals surface area contributed by atoms with Gasteiger partial charge in [-0.1, -0.05) is 29.8 Å². The molecular formula is C18H18N2O. The maximum absolute atomic E-state index is 8.66. The fourth-order valence-corrected chi connectivity index (χ4v) is 2.63. The van der Waals surface area contributed by atoms with Crippen LogP contribution in [0.4, 0.5) is 5.69 Å². The van der Waals surface area contributed by atoms with Gasteiger partial charge in [0.25, 0.3) is 0 Å². The van der Waals surface area contributed by atoms with E-state index >= 15 is 0 Å². The molecule has 0 fully saturated rings. The average molecular weight is 278 g/mol. The van der Waals surface area contributed by atoms with E-state index in [9.17, 15) is 0 Å². The molecule has 21 heavy (non-hydrogen) atoms. The molecule has 0 saturated heterocycles. The van der Waals surface area contributed by atoms with Crippen LogP contribution in [0.5, 0.6) is 5.75 Å². The number of nitrogens with zero attached hydrogens (tertiary/aromatic N) is 1. The van der Waals surface area contributed by atoms with Crippen LogP contribution in [0.1, 0.15) is 16.7 Å². The highest BCUT2D eigenvalue weighted by atomic mass is 16.5. The Balaban J connectivity index is 1.56. The monoisotopic (exact) mass is 278 g/mol. The van der Waals surface area contributed by atoms with E-state index in [1.165, 1.54) is 11.1 Å². The van der Waals surface area contributed by atoms with Crippen LogP contribution >= 0.6 is 0 Å². The number of fused-ring (bicyclic) bond motifs is 1. The lowest BCUT2D eigenvalue weighted by atomic mass is 10.1. The Morgan fingerprint density at radius 3 is 2.81 bits per heavy atom. The Bertz CT molecular complexity index is 671. The maximum Gasteiger partial charge on any atom is 0.123 e. The molecule has 3 heteroatoms. The number of anilines is 1. The largest absolute Gasteiger partial charge is 0.488 e. The number of benzene rings is 2. The van der Waals surface area contributed by atoms with E-state index in [-0.39, 0.29) is 6.10 Å². The van der Waals surface area contributed by atoms with E-state index in [1.54, 1.807) is 0 Å². The molecule has 0 radical (unpaired) electrons. The van der Waals surface area contributed by atoms with Crippen molar-refractivity contribution in [3.8, 4) is 11.8 Å². The Morgan fingerprint density at radius 2 is 2.05 bits per heavy atom. The molecule has 2 aromatic rings. The molecule has 0 aromatic heterocycles. The lowest BCUT2D eigenvalue weighted by Crippen LogP contribution is -2.23. The Hall–Kier alpha value is -2.47. The number of hydrogen-bond acceptors (Lipinski definition) is 3. The van der Waals surface area contributed by atoms with E-state index in [0.717, 1.165) is 30.0 Å². The van der Waals surface area contributed by atoms with Gasteiger partial charge >= 0.3 is 0 Å². The standard InChI is InChI=1S/C18H18N2O/c1-13-2-7-18-15(10-13)11-17(21-18)12-20-16-5-3-14(4-6-16)8-9-19/h2-7,10,17,20H,8,11-12H2,1H3. The van der Waals surface area contributed by atoms with Gasteiger partial charge in [-0.25, -0.2) is 0 Å². The van der Waals surface area contributed by atoms with Gasteiger partial charge in [-0.2, -0.15) is 5.26 Å². The zero-order chi connectivity index (χ0) is 14.7. The summed E-state index contributed by atoms with van der Waals surface area (Å²) in [4.78, 5) is 0. The molecule has 1 aliphatic rings. The van der Waals surface area contributed by atoms with Crippen molar-refractivity contribution in [3.63, 3.8) is 0 Å². The highest BCUT2D eigenvalue weighted by Crippen LogP contribution is 2.29. The zero-order valence-electron chi connectivity index (χ0n) is 12.1. The van der Waals surface area contributed by atoms with Crippen LogP contribution in [0.3, 0.4) is 0 Å². The van der Waals surface area contributed by atoms with E-state index in [4.69, 9.17) is 10.00 Å². The van der Waals surface area contributed by atoms with E-state index < -0.39 is 0 Å². The second kappa shape index (κ2) is 5.88. The van der Waals surface area contributed by atoms with Crippen LogP contribution in [-0.2, 0) is 12.8 Å². The van der Waals surface area contributed by atoms with Crippen LogP contribution < -0.4 is 10.1 Å². The van der Waals surface area contributed by atoms with Crippen molar-refractivity contribution < 1.29 is 4.74 Å². The fraction of sp³-hybridized carbons (Fsp3) is 0.278. The summed E-state index contributed by atoms with van der Waals surface area (Å²) >= 11 is 0. The Labute approximate surface area is 125 Å². The quantitative estimate of drug-likeness (QED) is 0.931. The summed E-state index contributed by atoms with van der Waals surface area (Å²) in [5.41, 5.74) is 4.68. The number of nitriles is 1. The lowest BCUT2D eigenvalue weighted by molar-refractivity contribution is 0.246. The molecule has 1 unspecified atom stereocenters. The third-order valence-corrected chi connectivity index (χ3v) is 3.73. The predicted octanol–water partition coefficient (Wildman–Crippen LogP) is 3.48. The molecule has 0 saturated carbocycles. The molecular weight excluding hydrogens is 260 g/mol. The highest BCUT2D eigenvalue weighted by molar-refractivity contribution is 5.46. The van der Waals surface area contributed by atoms with Crippen molar-refractivity contribution >= 4 is 5.69 Å². The fourth-order valence-electron chi connectivity index (χ4n) is 2.63. The van der Waals surface area contributed by atoms with E-state index in [2.05, 4.69) is 36.5 Å². The number of nitrogens with one attached hydrogen (secondary N) is 1. The molecule has 1 aliphatic heterocycles. The van der Waals surface area contributed by atoms with Gasteiger partial charge in [0, 0.05) is 12.1 Å². The summed E-state index contributed by atoms with van der Waals surface area (Å²) in [6.45, 7) is 2.89. The Kier molecular flexibility index (Phi) is 3.79. The summed E-state index contributed by atoms with van der Waals surface area (Å²) in [5.74, 6) is 1.01. The molecule has 0 bridgehead atoms. The smallest absolute Gasteiger partial charge is 0.123 e. The molecule has 1 N–H and O–H groups in total. The van der Waals surface area contributed by atoms with Gasteiger partial charge in [0.1, 0.15) is 11.9 Å². The van der Waals surface area contributed by atoms with Gasteiger partial charge in [-0.3, -0.25) is 0 Å². The van der Waals surface area contributed by atoms with Crippen molar-refractivity contribution in [2.75, 3.05) is 11.9 Å². The third kappa shape index (κ3) is 3.17. The number of hydrogen-bond donors (Lipinski definition) is 1. The van der Waals surface area contributed by atoms with Crippen molar-refractivity contribution in [2.45, 2.75) is 25.9 Å². The first kappa shape index (κ1) is 13.5. The highest BCUT2D eigenvalue weighted by Gasteiger charge is 2.22. The first-order chi connectivity index (χ1) is 10.2. The maximum atomic E-state index is 8.66.